The van der Waals surface area contributed by atoms with Gasteiger partial charge in [0.2, 0.25) is 0 Å². The van der Waals surface area contributed by atoms with Gasteiger partial charge in [0.15, 0.2) is 0 Å². The number of unbranched alkanes of at least 4 members (excludes halogenated alkanes) is 1. The lowest BCUT2D eigenvalue weighted by molar-refractivity contribution is 0.0869. The monoisotopic (exact) mass is 400 g/mol. The molecule has 0 spiro atoms. The van der Waals surface area contributed by atoms with Gasteiger partial charge in [-0.15, -0.1) is 0 Å². The molecule has 1 N–H and O–H groups in total. The number of hydrogen-bond donors (Lipinski definition) is 1. The van der Waals surface area contributed by atoms with Crippen LogP contribution in [0.1, 0.15) is 35.2 Å². The number of para-hydroxylation sites is 1. The summed E-state index contributed by atoms with van der Waals surface area (Å²) in [6.07, 6.45) is 3.59. The van der Waals surface area contributed by atoms with Crippen molar-refractivity contribution in [1.82, 2.24) is 9.62 Å². The first kappa shape index (κ1) is 19.0. The van der Waals surface area contributed by atoms with Crippen LogP contribution in [0.3, 0.4) is 0 Å². The van der Waals surface area contributed by atoms with E-state index in [1.165, 1.54) is 11.6 Å². The first-order chi connectivity index (χ1) is 13.6. The largest absolute Gasteiger partial charge is 0.489 e. The number of rotatable bonds is 7. The van der Waals surface area contributed by atoms with E-state index in [1.54, 1.807) is 18.2 Å². The molecule has 1 atom stereocenters. The number of fused-ring (bicyclic) bond motifs is 2. The van der Waals surface area contributed by atoms with E-state index in [0.29, 0.717) is 6.42 Å². The van der Waals surface area contributed by atoms with Gasteiger partial charge in [0.1, 0.15) is 16.7 Å². The molecule has 6 nitrogen and oxygen atoms in total. The maximum atomic E-state index is 12.5. The van der Waals surface area contributed by atoms with Gasteiger partial charge in [-0.05, 0) is 56.0 Å². The minimum atomic E-state index is -3.69. The van der Waals surface area contributed by atoms with Gasteiger partial charge < -0.3 is 10.1 Å². The molecule has 0 radical (unpaired) electrons. The van der Waals surface area contributed by atoms with E-state index >= 15 is 0 Å². The molecule has 7 heteroatoms. The second-order valence-electron chi connectivity index (χ2n) is 7.18. The number of amides is 1. The fraction of sp³-hybridized carbons (Fsp3) is 0.381. The molecule has 0 aromatic heterocycles. The van der Waals surface area contributed by atoms with Crippen LogP contribution < -0.4 is 10.1 Å². The van der Waals surface area contributed by atoms with Crippen LogP contribution in [-0.2, 0) is 16.4 Å². The van der Waals surface area contributed by atoms with Crippen molar-refractivity contribution in [2.75, 3.05) is 19.6 Å². The SMILES string of the molecule is O=C1c2ccccc2S(=O)(=O)N1CCCCNCC1CCc2ccccc2O1. The smallest absolute Gasteiger partial charge is 0.269 e. The summed E-state index contributed by atoms with van der Waals surface area (Å²) in [5.41, 5.74) is 1.53. The number of nitrogens with zero attached hydrogens (tertiary/aromatic N) is 1. The van der Waals surface area contributed by atoms with Crippen LogP contribution in [0.5, 0.6) is 5.75 Å². The number of ether oxygens (including phenoxy) is 1. The molecule has 148 valence electrons. The van der Waals surface area contributed by atoms with Crippen molar-refractivity contribution in [3.05, 3.63) is 59.7 Å². The van der Waals surface area contributed by atoms with Crippen molar-refractivity contribution in [2.24, 2.45) is 0 Å². The van der Waals surface area contributed by atoms with Crippen molar-refractivity contribution in [3.63, 3.8) is 0 Å². The molecule has 2 aromatic rings. The van der Waals surface area contributed by atoms with E-state index in [2.05, 4.69) is 11.4 Å². The summed E-state index contributed by atoms with van der Waals surface area (Å²) in [5.74, 6) is 0.552. The second kappa shape index (κ2) is 7.93. The van der Waals surface area contributed by atoms with Crippen molar-refractivity contribution in [1.29, 1.82) is 0 Å². The van der Waals surface area contributed by atoms with Crippen LogP contribution in [0.15, 0.2) is 53.4 Å². The Bertz CT molecular complexity index is 974. The molecule has 2 aliphatic heterocycles. The van der Waals surface area contributed by atoms with Gasteiger partial charge in [-0.25, -0.2) is 12.7 Å². The van der Waals surface area contributed by atoms with Gasteiger partial charge in [0.25, 0.3) is 15.9 Å². The summed E-state index contributed by atoms with van der Waals surface area (Å²) in [5, 5.41) is 3.38. The first-order valence-corrected chi connectivity index (χ1v) is 11.1. The zero-order valence-corrected chi connectivity index (χ0v) is 16.5. The molecule has 1 unspecified atom stereocenters. The minimum absolute atomic E-state index is 0.118. The van der Waals surface area contributed by atoms with Gasteiger partial charge in [0.05, 0.1) is 5.56 Å². The van der Waals surface area contributed by atoms with Crippen molar-refractivity contribution < 1.29 is 17.9 Å². The lowest BCUT2D eigenvalue weighted by Gasteiger charge is -2.26. The third-order valence-electron chi connectivity index (χ3n) is 5.25. The molecular weight excluding hydrogens is 376 g/mol. The maximum absolute atomic E-state index is 12.5. The average molecular weight is 401 g/mol. The van der Waals surface area contributed by atoms with Crippen LogP contribution in [0.2, 0.25) is 0 Å². The third-order valence-corrected chi connectivity index (χ3v) is 7.09. The third kappa shape index (κ3) is 3.64. The Hall–Kier alpha value is -2.38. The lowest BCUT2D eigenvalue weighted by atomic mass is 10.0. The van der Waals surface area contributed by atoms with Gasteiger partial charge in [-0.1, -0.05) is 30.3 Å². The molecule has 0 bridgehead atoms. The molecule has 0 saturated carbocycles. The maximum Gasteiger partial charge on any atom is 0.269 e. The molecule has 2 aromatic carbocycles. The Morgan fingerprint density at radius 1 is 1.07 bits per heavy atom. The second-order valence-corrected chi connectivity index (χ2v) is 9.01. The zero-order valence-electron chi connectivity index (χ0n) is 15.6. The highest BCUT2D eigenvalue weighted by molar-refractivity contribution is 7.90. The quantitative estimate of drug-likeness (QED) is 0.723. The van der Waals surface area contributed by atoms with E-state index in [4.69, 9.17) is 4.74 Å². The summed E-state index contributed by atoms with van der Waals surface area (Å²) >= 11 is 0. The highest BCUT2D eigenvalue weighted by Crippen LogP contribution is 2.30. The standard InChI is InChI=1S/C21H24N2O4S/c24-21-18-8-2-4-10-20(18)28(25,26)23(21)14-6-5-13-22-15-17-12-11-16-7-1-3-9-19(16)27-17/h1-4,7-10,17,22H,5-6,11-15H2. The number of sulfonamides is 1. The normalized spacial score (nSPS) is 19.8. The first-order valence-electron chi connectivity index (χ1n) is 9.69. The van der Waals surface area contributed by atoms with Crippen LogP contribution in [0.25, 0.3) is 0 Å². The lowest BCUT2D eigenvalue weighted by Crippen LogP contribution is -2.35. The van der Waals surface area contributed by atoms with Crippen LogP contribution in [0, 0.1) is 0 Å². The fourth-order valence-electron chi connectivity index (χ4n) is 3.74. The summed E-state index contributed by atoms with van der Waals surface area (Å²) in [4.78, 5) is 12.5. The summed E-state index contributed by atoms with van der Waals surface area (Å²) in [6.45, 7) is 1.74. The van der Waals surface area contributed by atoms with Crippen molar-refractivity contribution in [2.45, 2.75) is 36.7 Å². The predicted octanol–water partition coefficient (Wildman–Crippen LogP) is 2.59. The van der Waals surface area contributed by atoms with Crippen molar-refractivity contribution >= 4 is 15.9 Å². The average Bonchev–Trinajstić information content (AvgIpc) is 2.91. The van der Waals surface area contributed by atoms with Crippen LogP contribution in [-0.4, -0.2) is 44.4 Å². The number of benzene rings is 2. The highest BCUT2D eigenvalue weighted by atomic mass is 32.2. The molecule has 2 heterocycles. The predicted molar refractivity (Wildman–Crippen MR) is 106 cm³/mol. The van der Waals surface area contributed by atoms with Crippen LogP contribution >= 0.6 is 0 Å². The Morgan fingerprint density at radius 2 is 1.86 bits per heavy atom. The van der Waals surface area contributed by atoms with Crippen molar-refractivity contribution in [3.8, 4) is 5.75 Å². The van der Waals surface area contributed by atoms with Gasteiger partial charge in [-0.2, -0.15) is 0 Å². The Labute approximate surface area is 165 Å². The van der Waals surface area contributed by atoms with Gasteiger partial charge in [-0.3, -0.25) is 4.79 Å². The van der Waals surface area contributed by atoms with E-state index in [0.717, 1.165) is 42.4 Å². The molecule has 0 saturated heterocycles. The van der Waals surface area contributed by atoms with E-state index in [9.17, 15) is 13.2 Å². The number of hydrogen-bond acceptors (Lipinski definition) is 5. The summed E-state index contributed by atoms with van der Waals surface area (Å²) < 4.78 is 32.0. The summed E-state index contributed by atoms with van der Waals surface area (Å²) in [7, 11) is -3.69. The van der Waals surface area contributed by atoms with E-state index < -0.39 is 15.9 Å². The number of carbonyl (C=O) groups excluding carboxylic acids is 1. The molecule has 1 amide bonds. The van der Waals surface area contributed by atoms with Crippen LogP contribution in [0.4, 0.5) is 0 Å². The highest BCUT2D eigenvalue weighted by Gasteiger charge is 2.40. The zero-order chi connectivity index (χ0) is 19.6. The number of carbonyl (C=O) groups is 1. The number of aryl methyl sites for hydroxylation is 1. The van der Waals surface area contributed by atoms with E-state index in [1.807, 2.05) is 18.2 Å². The minimum Gasteiger partial charge on any atom is -0.489 e. The topological polar surface area (TPSA) is 75.7 Å². The molecular formula is C21H24N2O4S. The Kier molecular flexibility index (Phi) is 5.37. The molecule has 4 rings (SSSR count). The summed E-state index contributed by atoms with van der Waals surface area (Å²) in [6, 6.07) is 14.5. The van der Waals surface area contributed by atoms with Gasteiger partial charge in [0, 0.05) is 13.1 Å². The molecule has 0 fully saturated rings. The molecule has 0 aliphatic carbocycles. The molecule has 28 heavy (non-hydrogen) atoms. The molecule has 2 aliphatic rings. The number of nitrogens with one attached hydrogen (secondary N) is 1. The van der Waals surface area contributed by atoms with E-state index in [-0.39, 0.29) is 23.1 Å². The fourth-order valence-corrected chi connectivity index (χ4v) is 5.35. The Balaban J connectivity index is 1.20. The van der Waals surface area contributed by atoms with Gasteiger partial charge >= 0.3 is 0 Å². The Morgan fingerprint density at radius 3 is 2.71 bits per heavy atom.